The molecular weight excluding hydrogens is 229 g/mol. The first-order valence-corrected chi connectivity index (χ1v) is 4.72. The summed E-state index contributed by atoms with van der Waals surface area (Å²) in [5, 5.41) is 18.5. The van der Waals surface area contributed by atoms with Gasteiger partial charge in [0.15, 0.2) is 17.5 Å². The van der Waals surface area contributed by atoms with Crippen LogP contribution in [0.2, 0.25) is 0 Å². The molecule has 0 saturated heterocycles. The highest BCUT2D eigenvalue weighted by Crippen LogP contribution is 2.24. The van der Waals surface area contributed by atoms with E-state index in [1.807, 2.05) is 0 Å². The predicted octanol–water partition coefficient (Wildman–Crippen LogP) is 1.43. The summed E-state index contributed by atoms with van der Waals surface area (Å²) in [5.74, 6) is -4.63. The maximum atomic E-state index is 13.1. The van der Waals surface area contributed by atoms with Crippen LogP contribution in [0.15, 0.2) is 12.1 Å². The topological polar surface area (TPSA) is 40.5 Å². The average Bonchev–Trinajstić information content (AvgIpc) is 2.24. The summed E-state index contributed by atoms with van der Waals surface area (Å²) < 4.78 is 38.4. The number of hydrogen-bond acceptors (Lipinski definition) is 3. The molecule has 0 saturated carbocycles. The third-order valence-corrected chi connectivity index (χ3v) is 2.31. The molecule has 15 heavy (non-hydrogen) atoms. The summed E-state index contributed by atoms with van der Waals surface area (Å²) in [4.78, 5) is 0. The minimum Gasteiger partial charge on any atom is -0.389 e. The van der Waals surface area contributed by atoms with Gasteiger partial charge in [0.05, 0.1) is 6.10 Å². The largest absolute Gasteiger partial charge is 0.389 e. The van der Waals surface area contributed by atoms with Gasteiger partial charge in [-0.1, -0.05) is 6.07 Å². The van der Waals surface area contributed by atoms with Crippen LogP contribution in [0.5, 0.6) is 0 Å². The molecule has 1 aromatic rings. The molecule has 1 aromatic carbocycles. The normalized spacial score (nSPS) is 15.1. The Labute approximate surface area is 89.8 Å². The SMILES string of the molecule is OC(CS)C(O)c1ccc(F)c(F)c1F. The fourth-order valence-electron chi connectivity index (χ4n) is 1.08. The third-order valence-electron chi connectivity index (χ3n) is 1.94. The van der Waals surface area contributed by atoms with Crippen molar-refractivity contribution in [2.75, 3.05) is 5.75 Å². The van der Waals surface area contributed by atoms with Crippen molar-refractivity contribution < 1.29 is 23.4 Å². The van der Waals surface area contributed by atoms with E-state index in [0.717, 1.165) is 6.07 Å². The quantitative estimate of drug-likeness (QED) is 0.550. The van der Waals surface area contributed by atoms with E-state index in [9.17, 15) is 18.3 Å². The van der Waals surface area contributed by atoms with E-state index < -0.39 is 35.2 Å². The van der Waals surface area contributed by atoms with Crippen LogP contribution >= 0.6 is 12.6 Å². The van der Waals surface area contributed by atoms with Crippen molar-refractivity contribution in [2.24, 2.45) is 0 Å². The smallest absolute Gasteiger partial charge is 0.194 e. The Bertz CT molecular complexity index is 359. The summed E-state index contributed by atoms with van der Waals surface area (Å²) in [6.45, 7) is 0. The van der Waals surface area contributed by atoms with Gasteiger partial charge in [0.25, 0.3) is 0 Å². The van der Waals surface area contributed by atoms with Crippen molar-refractivity contribution in [1.29, 1.82) is 0 Å². The maximum Gasteiger partial charge on any atom is 0.194 e. The monoisotopic (exact) mass is 238 g/mol. The summed E-state index contributed by atoms with van der Waals surface area (Å²) in [6, 6.07) is 1.56. The highest BCUT2D eigenvalue weighted by molar-refractivity contribution is 7.80. The summed E-state index contributed by atoms with van der Waals surface area (Å²) >= 11 is 3.69. The Morgan fingerprint density at radius 1 is 1.13 bits per heavy atom. The van der Waals surface area contributed by atoms with Crippen LogP contribution in [0.25, 0.3) is 0 Å². The van der Waals surface area contributed by atoms with Crippen LogP contribution in [0, 0.1) is 17.5 Å². The molecule has 2 N–H and O–H groups in total. The zero-order valence-corrected chi connectivity index (χ0v) is 8.39. The number of aliphatic hydroxyl groups excluding tert-OH is 2. The van der Waals surface area contributed by atoms with Gasteiger partial charge in [0.2, 0.25) is 0 Å². The van der Waals surface area contributed by atoms with Crippen LogP contribution < -0.4 is 0 Å². The first-order valence-electron chi connectivity index (χ1n) is 4.09. The molecule has 0 aliphatic heterocycles. The summed E-state index contributed by atoms with van der Waals surface area (Å²) in [6.07, 6.45) is -2.97. The van der Waals surface area contributed by atoms with Crippen LogP contribution in [-0.2, 0) is 0 Å². The van der Waals surface area contributed by atoms with Crippen molar-refractivity contribution in [1.82, 2.24) is 0 Å². The van der Waals surface area contributed by atoms with E-state index in [0.29, 0.717) is 6.07 Å². The van der Waals surface area contributed by atoms with Crippen molar-refractivity contribution in [3.63, 3.8) is 0 Å². The molecule has 6 heteroatoms. The second-order valence-electron chi connectivity index (χ2n) is 2.96. The molecule has 2 nitrogen and oxygen atoms in total. The van der Waals surface area contributed by atoms with Crippen molar-refractivity contribution in [3.05, 3.63) is 35.1 Å². The Kier molecular flexibility index (Phi) is 4.01. The van der Waals surface area contributed by atoms with Crippen LogP contribution in [0.1, 0.15) is 11.7 Å². The minimum absolute atomic E-state index is 0.125. The van der Waals surface area contributed by atoms with Gasteiger partial charge in [-0.15, -0.1) is 0 Å². The predicted molar refractivity (Wildman–Crippen MR) is 51.1 cm³/mol. The first kappa shape index (κ1) is 12.4. The molecule has 0 radical (unpaired) electrons. The van der Waals surface area contributed by atoms with E-state index in [1.54, 1.807) is 0 Å². The number of aliphatic hydroxyl groups is 2. The molecule has 0 aromatic heterocycles. The Morgan fingerprint density at radius 3 is 2.27 bits per heavy atom. The number of hydrogen-bond donors (Lipinski definition) is 3. The van der Waals surface area contributed by atoms with Gasteiger partial charge in [-0.2, -0.15) is 12.6 Å². The van der Waals surface area contributed by atoms with Gasteiger partial charge in [0, 0.05) is 11.3 Å². The fourth-order valence-corrected chi connectivity index (χ4v) is 1.28. The van der Waals surface area contributed by atoms with E-state index >= 15 is 0 Å². The lowest BCUT2D eigenvalue weighted by molar-refractivity contribution is 0.0309. The lowest BCUT2D eigenvalue weighted by atomic mass is 10.0. The van der Waals surface area contributed by atoms with Gasteiger partial charge in [-0.3, -0.25) is 0 Å². The summed E-state index contributed by atoms with van der Waals surface area (Å²) in [7, 11) is 0. The number of rotatable bonds is 3. The third kappa shape index (κ3) is 2.45. The number of thiol groups is 1. The standard InChI is InChI=1S/C9H9F3O2S/c10-5-2-1-4(7(11)8(5)12)9(14)6(13)3-15/h1-2,6,9,13-15H,3H2. The second-order valence-corrected chi connectivity index (χ2v) is 3.32. The lowest BCUT2D eigenvalue weighted by Crippen LogP contribution is -2.21. The first-order chi connectivity index (χ1) is 6.99. The van der Waals surface area contributed by atoms with Gasteiger partial charge in [-0.25, -0.2) is 13.2 Å². The minimum atomic E-state index is -1.67. The molecule has 84 valence electrons. The molecule has 0 aliphatic rings. The highest BCUT2D eigenvalue weighted by Gasteiger charge is 2.23. The van der Waals surface area contributed by atoms with Crippen molar-refractivity contribution >= 4 is 12.6 Å². The Morgan fingerprint density at radius 2 is 1.73 bits per heavy atom. The molecule has 0 fully saturated rings. The van der Waals surface area contributed by atoms with E-state index in [4.69, 9.17) is 5.11 Å². The molecule has 1 rings (SSSR count). The maximum absolute atomic E-state index is 13.1. The molecule has 0 aliphatic carbocycles. The fraction of sp³-hybridized carbons (Fsp3) is 0.333. The zero-order chi connectivity index (χ0) is 11.6. The lowest BCUT2D eigenvalue weighted by Gasteiger charge is -2.16. The van der Waals surface area contributed by atoms with Gasteiger partial charge in [0.1, 0.15) is 6.10 Å². The molecule has 0 spiro atoms. The number of benzene rings is 1. The second kappa shape index (κ2) is 4.87. The molecular formula is C9H9F3O2S. The van der Waals surface area contributed by atoms with Crippen LogP contribution in [-0.4, -0.2) is 22.1 Å². The van der Waals surface area contributed by atoms with Crippen molar-refractivity contribution in [3.8, 4) is 0 Å². The Hall–Kier alpha value is -0.720. The number of halogens is 3. The van der Waals surface area contributed by atoms with E-state index in [1.165, 1.54) is 0 Å². The molecule has 2 unspecified atom stereocenters. The van der Waals surface area contributed by atoms with E-state index in [-0.39, 0.29) is 5.75 Å². The molecule has 0 heterocycles. The van der Waals surface area contributed by atoms with Gasteiger partial charge < -0.3 is 10.2 Å². The Balaban J connectivity index is 3.10. The molecule has 0 amide bonds. The van der Waals surface area contributed by atoms with Crippen molar-refractivity contribution in [2.45, 2.75) is 12.2 Å². The van der Waals surface area contributed by atoms with Gasteiger partial charge >= 0.3 is 0 Å². The molecule has 0 bridgehead atoms. The molecule has 2 atom stereocenters. The van der Waals surface area contributed by atoms with E-state index in [2.05, 4.69) is 12.6 Å². The average molecular weight is 238 g/mol. The highest BCUT2D eigenvalue weighted by atomic mass is 32.1. The van der Waals surface area contributed by atoms with Crippen LogP contribution in [0.3, 0.4) is 0 Å². The zero-order valence-electron chi connectivity index (χ0n) is 7.49. The summed E-state index contributed by atoms with van der Waals surface area (Å²) in [5.41, 5.74) is -0.490. The van der Waals surface area contributed by atoms with Crippen LogP contribution in [0.4, 0.5) is 13.2 Å². The van der Waals surface area contributed by atoms with Gasteiger partial charge in [-0.05, 0) is 6.07 Å².